The van der Waals surface area contributed by atoms with E-state index in [0.29, 0.717) is 5.15 Å². The third-order valence-corrected chi connectivity index (χ3v) is 3.03. The fraction of sp³-hybridized carbons (Fsp3) is 0.364. The van der Waals surface area contributed by atoms with E-state index < -0.39 is 0 Å². The van der Waals surface area contributed by atoms with Crippen LogP contribution in [0.1, 0.15) is 18.5 Å². The molecular weight excluding hydrogens is 210 g/mol. The lowest BCUT2D eigenvalue weighted by atomic mass is 10.0. The van der Waals surface area contributed by atoms with Crippen LogP contribution in [0.5, 0.6) is 0 Å². The minimum atomic E-state index is 0.274. The molecule has 1 aromatic carbocycles. The van der Waals surface area contributed by atoms with Crippen molar-refractivity contribution in [1.29, 1.82) is 0 Å². The molecule has 0 aliphatic heterocycles. The van der Waals surface area contributed by atoms with Crippen LogP contribution in [-0.4, -0.2) is 16.8 Å². The summed E-state index contributed by atoms with van der Waals surface area (Å²) < 4.78 is 1.81. The molecule has 0 aliphatic rings. The van der Waals surface area contributed by atoms with E-state index >= 15 is 0 Å². The zero-order chi connectivity index (χ0) is 11.0. The lowest BCUT2D eigenvalue weighted by Crippen LogP contribution is -2.12. The molecule has 2 aromatic rings. The second-order valence-electron chi connectivity index (χ2n) is 3.67. The highest BCUT2D eigenvalue weighted by atomic mass is 35.5. The first-order valence-electron chi connectivity index (χ1n) is 4.93. The summed E-state index contributed by atoms with van der Waals surface area (Å²) in [6, 6.07) is 6.41. The number of hydrogen-bond donors (Lipinski definition) is 1. The maximum Gasteiger partial charge on any atom is 0.159 e. The highest BCUT2D eigenvalue weighted by molar-refractivity contribution is 6.34. The van der Waals surface area contributed by atoms with Gasteiger partial charge >= 0.3 is 0 Å². The van der Waals surface area contributed by atoms with Crippen molar-refractivity contribution in [2.75, 3.05) is 7.05 Å². The number of nitrogens with zero attached hydrogens (tertiary/aromatic N) is 2. The summed E-state index contributed by atoms with van der Waals surface area (Å²) in [5.74, 6) is 0. The normalized spacial score (nSPS) is 13.3. The molecule has 0 amide bonds. The Bertz CT molecular complexity index is 490. The largest absolute Gasteiger partial charge is 0.313 e. The smallest absolute Gasteiger partial charge is 0.159 e. The van der Waals surface area contributed by atoms with Crippen molar-refractivity contribution in [3.63, 3.8) is 0 Å². The zero-order valence-corrected chi connectivity index (χ0v) is 9.84. The maximum absolute atomic E-state index is 6.12. The van der Waals surface area contributed by atoms with Gasteiger partial charge in [-0.2, -0.15) is 5.10 Å². The number of rotatable bonds is 2. The van der Waals surface area contributed by atoms with E-state index in [4.69, 9.17) is 11.6 Å². The summed E-state index contributed by atoms with van der Waals surface area (Å²) in [6.45, 7) is 2.11. The predicted molar refractivity (Wildman–Crippen MR) is 63.2 cm³/mol. The summed E-state index contributed by atoms with van der Waals surface area (Å²) in [6.07, 6.45) is 0. The van der Waals surface area contributed by atoms with Crippen molar-refractivity contribution in [2.45, 2.75) is 13.0 Å². The Morgan fingerprint density at radius 2 is 2.20 bits per heavy atom. The topological polar surface area (TPSA) is 29.9 Å². The van der Waals surface area contributed by atoms with Gasteiger partial charge in [0.05, 0.1) is 5.52 Å². The van der Waals surface area contributed by atoms with Gasteiger partial charge in [0.25, 0.3) is 0 Å². The van der Waals surface area contributed by atoms with Gasteiger partial charge in [0.1, 0.15) is 0 Å². The SMILES string of the molecule is CNC(C)c1cccc2c1c(Cl)nn2C. The highest BCUT2D eigenvalue weighted by Crippen LogP contribution is 2.29. The Labute approximate surface area is 94.0 Å². The summed E-state index contributed by atoms with van der Waals surface area (Å²) in [7, 11) is 3.84. The first-order valence-corrected chi connectivity index (χ1v) is 5.31. The Kier molecular flexibility index (Phi) is 2.67. The first-order chi connectivity index (χ1) is 7.15. The van der Waals surface area contributed by atoms with Crippen LogP contribution < -0.4 is 5.32 Å². The lowest BCUT2D eigenvalue weighted by molar-refractivity contribution is 0.657. The van der Waals surface area contributed by atoms with Crippen LogP contribution >= 0.6 is 11.6 Å². The fourth-order valence-electron chi connectivity index (χ4n) is 1.80. The van der Waals surface area contributed by atoms with Gasteiger partial charge in [-0.05, 0) is 25.6 Å². The van der Waals surface area contributed by atoms with Crippen molar-refractivity contribution in [3.8, 4) is 0 Å². The molecule has 0 saturated heterocycles. The predicted octanol–water partition coefficient (Wildman–Crippen LogP) is 2.51. The summed E-state index contributed by atoms with van der Waals surface area (Å²) in [5, 5.41) is 9.06. The van der Waals surface area contributed by atoms with Gasteiger partial charge in [0.15, 0.2) is 5.15 Å². The average Bonchev–Trinajstić information content (AvgIpc) is 2.54. The molecule has 1 N–H and O–H groups in total. The molecule has 0 spiro atoms. The number of benzene rings is 1. The van der Waals surface area contributed by atoms with Crippen LogP contribution in [-0.2, 0) is 7.05 Å². The zero-order valence-electron chi connectivity index (χ0n) is 9.08. The number of hydrogen-bond acceptors (Lipinski definition) is 2. The number of halogens is 1. The molecule has 1 aromatic heterocycles. The molecule has 0 radical (unpaired) electrons. The van der Waals surface area contributed by atoms with Crippen molar-refractivity contribution in [2.24, 2.45) is 7.05 Å². The van der Waals surface area contributed by atoms with Crippen LogP contribution in [0.4, 0.5) is 0 Å². The van der Waals surface area contributed by atoms with Crippen molar-refractivity contribution >= 4 is 22.5 Å². The van der Waals surface area contributed by atoms with Gasteiger partial charge in [-0.3, -0.25) is 4.68 Å². The monoisotopic (exact) mass is 223 g/mol. The molecule has 2 rings (SSSR count). The minimum absolute atomic E-state index is 0.274. The van der Waals surface area contributed by atoms with Crippen LogP contribution in [0, 0.1) is 0 Å². The second kappa shape index (κ2) is 3.83. The molecule has 15 heavy (non-hydrogen) atoms. The molecule has 0 bridgehead atoms. The molecular formula is C11H14ClN3. The van der Waals surface area contributed by atoms with E-state index in [1.165, 1.54) is 5.56 Å². The highest BCUT2D eigenvalue weighted by Gasteiger charge is 2.13. The molecule has 1 unspecified atom stereocenters. The summed E-state index contributed by atoms with van der Waals surface area (Å²) >= 11 is 6.12. The Balaban J connectivity index is 2.75. The molecule has 0 fully saturated rings. The van der Waals surface area contributed by atoms with Crippen LogP contribution in [0.2, 0.25) is 5.15 Å². The Morgan fingerprint density at radius 1 is 1.47 bits per heavy atom. The number of fused-ring (bicyclic) bond motifs is 1. The van der Waals surface area contributed by atoms with Gasteiger partial charge in [-0.1, -0.05) is 23.7 Å². The van der Waals surface area contributed by atoms with Gasteiger partial charge < -0.3 is 5.32 Å². The Hall–Kier alpha value is -1.06. The minimum Gasteiger partial charge on any atom is -0.313 e. The maximum atomic E-state index is 6.12. The number of nitrogens with one attached hydrogen (secondary N) is 1. The van der Waals surface area contributed by atoms with Crippen LogP contribution in [0.3, 0.4) is 0 Å². The van der Waals surface area contributed by atoms with Gasteiger partial charge in [-0.25, -0.2) is 0 Å². The van der Waals surface area contributed by atoms with Gasteiger partial charge in [-0.15, -0.1) is 0 Å². The first kappa shape index (κ1) is 10.5. The number of aromatic nitrogens is 2. The molecule has 0 saturated carbocycles. The molecule has 0 aliphatic carbocycles. The molecule has 1 heterocycles. The molecule has 80 valence electrons. The van der Waals surface area contributed by atoms with E-state index in [1.807, 2.05) is 30.9 Å². The molecule has 1 atom stereocenters. The van der Waals surface area contributed by atoms with Crippen molar-refractivity contribution in [3.05, 3.63) is 28.9 Å². The molecule has 3 nitrogen and oxygen atoms in total. The summed E-state index contributed by atoms with van der Waals surface area (Å²) in [5.41, 5.74) is 2.26. The third-order valence-electron chi connectivity index (χ3n) is 2.77. The molecule has 4 heteroatoms. The summed E-state index contributed by atoms with van der Waals surface area (Å²) in [4.78, 5) is 0. The standard InChI is InChI=1S/C11H14ClN3/c1-7(13-2)8-5-4-6-9-10(8)11(12)14-15(9)3/h4-7,13H,1-3H3. The fourth-order valence-corrected chi connectivity index (χ4v) is 2.12. The van der Waals surface area contributed by atoms with Gasteiger partial charge in [0, 0.05) is 18.5 Å². The van der Waals surface area contributed by atoms with Gasteiger partial charge in [0.2, 0.25) is 0 Å². The number of aryl methyl sites for hydroxylation is 1. The van der Waals surface area contributed by atoms with E-state index in [9.17, 15) is 0 Å². The van der Waals surface area contributed by atoms with E-state index in [1.54, 1.807) is 0 Å². The van der Waals surface area contributed by atoms with Crippen LogP contribution in [0.15, 0.2) is 18.2 Å². The van der Waals surface area contributed by atoms with Crippen molar-refractivity contribution in [1.82, 2.24) is 15.1 Å². The van der Waals surface area contributed by atoms with E-state index in [2.05, 4.69) is 23.4 Å². The quantitative estimate of drug-likeness (QED) is 0.848. The lowest BCUT2D eigenvalue weighted by Gasteiger charge is -2.11. The third kappa shape index (κ3) is 1.62. The van der Waals surface area contributed by atoms with E-state index in [0.717, 1.165) is 10.9 Å². The van der Waals surface area contributed by atoms with Crippen molar-refractivity contribution < 1.29 is 0 Å². The second-order valence-corrected chi connectivity index (χ2v) is 4.02. The van der Waals surface area contributed by atoms with Crippen LogP contribution in [0.25, 0.3) is 10.9 Å². The Morgan fingerprint density at radius 3 is 2.87 bits per heavy atom. The average molecular weight is 224 g/mol. The van der Waals surface area contributed by atoms with E-state index in [-0.39, 0.29) is 6.04 Å².